The number of amides is 2. The topological polar surface area (TPSA) is 55.9 Å². The van der Waals surface area contributed by atoms with Gasteiger partial charge in [0.05, 0.1) is 12.5 Å². The summed E-state index contributed by atoms with van der Waals surface area (Å²) >= 11 is 0. The fourth-order valence-corrected chi connectivity index (χ4v) is 4.68. The first-order chi connectivity index (χ1) is 12.3. The third-order valence-electron chi connectivity index (χ3n) is 6.00. The highest BCUT2D eigenvalue weighted by atomic mass is 16.2. The van der Waals surface area contributed by atoms with Gasteiger partial charge in [-0.25, -0.2) is 0 Å². The van der Waals surface area contributed by atoms with Crippen molar-refractivity contribution in [3.05, 3.63) is 0 Å². The van der Waals surface area contributed by atoms with Crippen molar-refractivity contribution in [1.29, 1.82) is 0 Å². The molecule has 148 valence electrons. The summed E-state index contributed by atoms with van der Waals surface area (Å²) in [7, 11) is 0. The van der Waals surface area contributed by atoms with E-state index in [9.17, 15) is 9.59 Å². The molecule has 2 amide bonds. The van der Waals surface area contributed by atoms with Crippen LogP contribution in [-0.2, 0) is 9.59 Å². The lowest BCUT2D eigenvalue weighted by Crippen LogP contribution is -2.59. The van der Waals surface area contributed by atoms with Crippen molar-refractivity contribution in [1.82, 2.24) is 20.0 Å². The molecule has 1 unspecified atom stereocenters. The van der Waals surface area contributed by atoms with E-state index < -0.39 is 0 Å². The molecule has 0 aromatic heterocycles. The quantitative estimate of drug-likeness (QED) is 0.817. The van der Waals surface area contributed by atoms with Crippen molar-refractivity contribution < 1.29 is 9.59 Å². The molecule has 1 atom stereocenters. The van der Waals surface area contributed by atoms with Crippen LogP contribution in [0.2, 0.25) is 0 Å². The Bertz CT molecular complexity index is 502. The highest BCUT2D eigenvalue weighted by molar-refractivity contribution is 5.88. The van der Waals surface area contributed by atoms with E-state index >= 15 is 0 Å². The summed E-state index contributed by atoms with van der Waals surface area (Å²) in [4.78, 5) is 32.0. The van der Waals surface area contributed by atoms with Gasteiger partial charge < -0.3 is 10.2 Å². The zero-order valence-corrected chi connectivity index (χ0v) is 16.8. The zero-order valence-electron chi connectivity index (χ0n) is 16.8. The first kappa shape index (κ1) is 19.6. The van der Waals surface area contributed by atoms with E-state index in [1.165, 1.54) is 25.7 Å². The lowest BCUT2D eigenvalue weighted by atomic mass is 9.94. The van der Waals surface area contributed by atoms with Gasteiger partial charge in [0.25, 0.3) is 0 Å². The highest BCUT2D eigenvalue weighted by Gasteiger charge is 2.35. The molecule has 2 aliphatic heterocycles. The molecule has 3 aliphatic rings. The molecule has 0 aromatic carbocycles. The molecular weight excluding hydrogens is 328 g/mol. The van der Waals surface area contributed by atoms with Crippen molar-refractivity contribution in [3.63, 3.8) is 0 Å². The van der Waals surface area contributed by atoms with Crippen molar-refractivity contribution >= 4 is 11.8 Å². The van der Waals surface area contributed by atoms with Gasteiger partial charge in [0.2, 0.25) is 11.8 Å². The summed E-state index contributed by atoms with van der Waals surface area (Å²) in [6.07, 6.45) is 5.65. The third kappa shape index (κ3) is 4.97. The Morgan fingerprint density at radius 2 is 1.73 bits per heavy atom. The van der Waals surface area contributed by atoms with Gasteiger partial charge in [-0.3, -0.25) is 19.4 Å². The summed E-state index contributed by atoms with van der Waals surface area (Å²) in [5.41, 5.74) is 0.117. The molecule has 2 heterocycles. The molecule has 0 radical (unpaired) electrons. The fraction of sp³-hybridized carbons (Fsp3) is 0.900. The van der Waals surface area contributed by atoms with Crippen LogP contribution in [0.25, 0.3) is 0 Å². The van der Waals surface area contributed by atoms with Crippen LogP contribution in [0.15, 0.2) is 0 Å². The number of hydrogen-bond donors (Lipinski definition) is 1. The van der Waals surface area contributed by atoms with Gasteiger partial charge in [0.1, 0.15) is 0 Å². The van der Waals surface area contributed by atoms with Crippen LogP contribution in [-0.4, -0.2) is 84.4 Å². The molecule has 3 rings (SSSR count). The molecule has 0 spiro atoms. The number of nitrogens with zero attached hydrogens (tertiary/aromatic N) is 3. The summed E-state index contributed by atoms with van der Waals surface area (Å²) in [6, 6.07) is 0.419. The molecular formula is C20H36N4O2. The van der Waals surface area contributed by atoms with E-state index in [-0.39, 0.29) is 23.3 Å². The Kier molecular flexibility index (Phi) is 6.23. The van der Waals surface area contributed by atoms with Crippen molar-refractivity contribution in [2.45, 2.75) is 65.0 Å². The average molecular weight is 365 g/mol. The lowest BCUT2D eigenvalue weighted by molar-refractivity contribution is -0.140. The molecule has 3 fully saturated rings. The van der Waals surface area contributed by atoms with Crippen molar-refractivity contribution in [2.24, 2.45) is 5.41 Å². The first-order valence-electron chi connectivity index (χ1n) is 10.4. The fourth-order valence-electron chi connectivity index (χ4n) is 4.68. The standard InChI is InChI=1S/C20H36N4O2/c1-20(2,3)15-24-9-8-21-19(26)17(24)14-18(25)23-12-10-22(11-13-23)16-6-4-5-7-16/h16-17H,4-15H2,1-3H3,(H,21,26). The van der Waals surface area contributed by atoms with Gasteiger partial charge in [0, 0.05) is 51.9 Å². The molecule has 2 saturated heterocycles. The SMILES string of the molecule is CC(C)(C)CN1CCNC(=O)C1CC(=O)N1CCN(C2CCCC2)CC1. The molecule has 1 saturated carbocycles. The molecule has 0 bridgehead atoms. The van der Waals surface area contributed by atoms with Gasteiger partial charge in [0.15, 0.2) is 0 Å². The molecule has 0 aromatic rings. The maximum Gasteiger partial charge on any atom is 0.237 e. The monoisotopic (exact) mass is 364 g/mol. The number of nitrogens with one attached hydrogen (secondary N) is 1. The smallest absolute Gasteiger partial charge is 0.237 e. The Hall–Kier alpha value is -1.14. The Labute approximate surface area is 158 Å². The number of carbonyl (C=O) groups excluding carboxylic acids is 2. The van der Waals surface area contributed by atoms with Crippen LogP contribution in [0.3, 0.4) is 0 Å². The van der Waals surface area contributed by atoms with Gasteiger partial charge in [-0.1, -0.05) is 33.6 Å². The summed E-state index contributed by atoms with van der Waals surface area (Å²) < 4.78 is 0. The molecule has 1 aliphatic carbocycles. The van der Waals surface area contributed by atoms with E-state index in [1.54, 1.807) is 0 Å². The number of hydrogen-bond acceptors (Lipinski definition) is 4. The summed E-state index contributed by atoms with van der Waals surface area (Å²) in [5.74, 6) is 0.149. The Morgan fingerprint density at radius 3 is 2.35 bits per heavy atom. The Balaban J connectivity index is 1.53. The minimum Gasteiger partial charge on any atom is -0.353 e. The second kappa shape index (κ2) is 8.26. The second-order valence-electron chi connectivity index (χ2n) is 9.40. The van der Waals surface area contributed by atoms with E-state index in [2.05, 4.69) is 35.9 Å². The number of piperazine rings is 2. The Morgan fingerprint density at radius 1 is 1.08 bits per heavy atom. The minimum absolute atomic E-state index is 0.0124. The van der Waals surface area contributed by atoms with Crippen molar-refractivity contribution in [2.75, 3.05) is 45.8 Å². The van der Waals surface area contributed by atoms with Gasteiger partial charge in [-0.05, 0) is 18.3 Å². The first-order valence-corrected chi connectivity index (χ1v) is 10.4. The van der Waals surface area contributed by atoms with Gasteiger partial charge in [-0.2, -0.15) is 0 Å². The van der Waals surface area contributed by atoms with Crippen LogP contribution in [0.5, 0.6) is 0 Å². The lowest BCUT2D eigenvalue weighted by Gasteiger charge is -2.41. The zero-order chi connectivity index (χ0) is 18.7. The summed E-state index contributed by atoms with van der Waals surface area (Å²) in [6.45, 7) is 12.5. The molecule has 26 heavy (non-hydrogen) atoms. The van der Waals surface area contributed by atoms with Crippen LogP contribution >= 0.6 is 0 Å². The van der Waals surface area contributed by atoms with Crippen LogP contribution in [0.1, 0.15) is 52.9 Å². The largest absolute Gasteiger partial charge is 0.353 e. The molecule has 1 N–H and O–H groups in total. The van der Waals surface area contributed by atoms with E-state index in [0.29, 0.717) is 13.0 Å². The highest BCUT2D eigenvalue weighted by Crippen LogP contribution is 2.25. The number of carbonyl (C=O) groups is 2. The molecule has 6 heteroatoms. The van der Waals surface area contributed by atoms with Crippen molar-refractivity contribution in [3.8, 4) is 0 Å². The predicted molar refractivity (Wildman–Crippen MR) is 103 cm³/mol. The summed E-state index contributed by atoms with van der Waals surface area (Å²) in [5, 5.41) is 2.94. The van der Waals surface area contributed by atoms with E-state index in [4.69, 9.17) is 0 Å². The van der Waals surface area contributed by atoms with Crippen LogP contribution < -0.4 is 5.32 Å². The average Bonchev–Trinajstić information content (AvgIpc) is 3.11. The van der Waals surface area contributed by atoms with Gasteiger partial charge >= 0.3 is 0 Å². The maximum atomic E-state index is 12.9. The van der Waals surface area contributed by atoms with Crippen LogP contribution in [0, 0.1) is 5.41 Å². The molecule has 6 nitrogen and oxygen atoms in total. The third-order valence-corrected chi connectivity index (χ3v) is 6.00. The predicted octanol–water partition coefficient (Wildman–Crippen LogP) is 1.31. The van der Waals surface area contributed by atoms with E-state index in [0.717, 1.165) is 45.3 Å². The van der Waals surface area contributed by atoms with E-state index in [1.807, 2.05) is 4.90 Å². The normalized spacial score (nSPS) is 27.0. The van der Waals surface area contributed by atoms with Crippen LogP contribution in [0.4, 0.5) is 0 Å². The maximum absolute atomic E-state index is 12.9. The van der Waals surface area contributed by atoms with Gasteiger partial charge in [-0.15, -0.1) is 0 Å². The number of rotatable bonds is 4. The minimum atomic E-state index is -0.316. The second-order valence-corrected chi connectivity index (χ2v) is 9.40.